The normalized spacial score (nSPS) is 20.3. The van der Waals surface area contributed by atoms with Crippen molar-refractivity contribution >= 4 is 11.8 Å². The molecule has 0 saturated heterocycles. The molecule has 1 heterocycles. The van der Waals surface area contributed by atoms with Crippen LogP contribution in [0.1, 0.15) is 36.7 Å². The van der Waals surface area contributed by atoms with Crippen LogP contribution in [-0.4, -0.2) is 65.6 Å². The summed E-state index contributed by atoms with van der Waals surface area (Å²) in [5, 5.41) is 9.85. The number of hydrogen-bond acceptors (Lipinski definition) is 4. The number of nitrogens with zero attached hydrogens (tertiary/aromatic N) is 2. The third-order valence-corrected chi connectivity index (χ3v) is 6.09. The molecule has 0 bridgehead atoms. The Morgan fingerprint density at radius 3 is 2.42 bits per heavy atom. The molecule has 2 aromatic carbocycles. The van der Waals surface area contributed by atoms with Gasteiger partial charge in [0, 0.05) is 38.5 Å². The Balaban J connectivity index is 2.10. The zero-order chi connectivity index (χ0) is 22.5. The summed E-state index contributed by atoms with van der Waals surface area (Å²) in [4.78, 5) is 28.9. The lowest BCUT2D eigenvalue weighted by Crippen LogP contribution is -2.47. The van der Waals surface area contributed by atoms with E-state index in [1.807, 2.05) is 62.4 Å². The number of amides is 2. The molecule has 31 heavy (non-hydrogen) atoms. The van der Waals surface area contributed by atoms with E-state index in [9.17, 15) is 14.7 Å². The first-order chi connectivity index (χ1) is 14.8. The summed E-state index contributed by atoms with van der Waals surface area (Å²) in [5.74, 6) is -0.189. The Hall–Kier alpha value is -2.70. The van der Waals surface area contributed by atoms with Gasteiger partial charge >= 0.3 is 0 Å². The van der Waals surface area contributed by atoms with Gasteiger partial charge in [0.2, 0.25) is 5.91 Å². The van der Waals surface area contributed by atoms with Gasteiger partial charge < -0.3 is 19.6 Å². The van der Waals surface area contributed by atoms with E-state index < -0.39 is 0 Å². The molecule has 3 atom stereocenters. The second-order valence-electron chi connectivity index (χ2n) is 8.42. The van der Waals surface area contributed by atoms with Gasteiger partial charge in [0.25, 0.3) is 5.91 Å². The van der Waals surface area contributed by atoms with Gasteiger partial charge in [-0.05, 0) is 29.7 Å². The van der Waals surface area contributed by atoms with Crippen LogP contribution in [0.5, 0.6) is 0 Å². The van der Waals surface area contributed by atoms with E-state index in [0.29, 0.717) is 25.3 Å². The van der Waals surface area contributed by atoms with Crippen molar-refractivity contribution < 1.29 is 19.4 Å². The highest BCUT2D eigenvalue weighted by molar-refractivity contribution is 6.01. The lowest BCUT2D eigenvalue weighted by atomic mass is 9.94. The molecule has 2 aromatic rings. The number of hydrogen-bond donors (Lipinski definition) is 1. The monoisotopic (exact) mass is 424 g/mol. The van der Waals surface area contributed by atoms with Crippen LogP contribution in [0.3, 0.4) is 0 Å². The number of rotatable bonds is 4. The number of carbonyl (C=O) groups excluding carboxylic acids is 2. The molecule has 3 rings (SSSR count). The molecule has 0 unspecified atom stereocenters. The third-order valence-electron chi connectivity index (χ3n) is 6.09. The van der Waals surface area contributed by atoms with Gasteiger partial charge in [0.1, 0.15) is 0 Å². The van der Waals surface area contributed by atoms with Gasteiger partial charge in [-0.15, -0.1) is 0 Å². The van der Waals surface area contributed by atoms with Crippen LogP contribution in [-0.2, 0) is 16.1 Å². The summed E-state index contributed by atoms with van der Waals surface area (Å²) in [6, 6.07) is 15.2. The molecule has 1 aliphatic rings. The minimum Gasteiger partial charge on any atom is -0.394 e. The Kier molecular flexibility index (Phi) is 7.46. The van der Waals surface area contributed by atoms with Gasteiger partial charge in [0.05, 0.1) is 25.4 Å². The number of likely N-dealkylation sites (N-methyl/N-ethyl adjacent to an activating group) is 1. The third kappa shape index (κ3) is 5.14. The van der Waals surface area contributed by atoms with Gasteiger partial charge in [-0.1, -0.05) is 49.4 Å². The molecule has 0 radical (unpaired) electrons. The second-order valence-corrected chi connectivity index (χ2v) is 8.42. The summed E-state index contributed by atoms with van der Waals surface area (Å²) in [6.07, 6.45) is -0.260. The standard InChI is InChI=1S/C25H32N2O4/c1-17-13-27(18(2)15-28)25(30)23-12-8-7-11-22(23)21-10-6-5-9-20(21)16-31-24(17)14-26(4)19(3)29/h5-12,17-18,24,28H,13-16H2,1-4H3/t17-,18-,24+/m1/s1. The number of benzene rings is 2. The van der Waals surface area contributed by atoms with Crippen molar-refractivity contribution in [2.45, 2.75) is 39.5 Å². The van der Waals surface area contributed by atoms with Gasteiger partial charge in [-0.25, -0.2) is 0 Å². The SMILES string of the molecule is CC(=O)N(C)C[C@@H]1OCc2ccccc2-c2ccccc2C(=O)N([C@H](C)CO)C[C@H]1C. The van der Waals surface area contributed by atoms with Crippen LogP contribution in [0.15, 0.2) is 48.5 Å². The molecule has 166 valence electrons. The maximum absolute atomic E-state index is 13.7. The zero-order valence-corrected chi connectivity index (χ0v) is 18.7. The van der Waals surface area contributed by atoms with E-state index in [0.717, 1.165) is 16.7 Å². The molecule has 1 N–H and O–H groups in total. The fraction of sp³-hybridized carbons (Fsp3) is 0.440. The van der Waals surface area contributed by atoms with E-state index in [1.54, 1.807) is 16.8 Å². The number of fused-ring (bicyclic) bond motifs is 3. The fourth-order valence-corrected chi connectivity index (χ4v) is 3.95. The van der Waals surface area contributed by atoms with Crippen LogP contribution in [0.2, 0.25) is 0 Å². The van der Waals surface area contributed by atoms with Crippen LogP contribution in [0.25, 0.3) is 11.1 Å². The molecular formula is C25H32N2O4. The summed E-state index contributed by atoms with van der Waals surface area (Å²) >= 11 is 0. The highest BCUT2D eigenvalue weighted by atomic mass is 16.5. The first-order valence-corrected chi connectivity index (χ1v) is 10.8. The van der Waals surface area contributed by atoms with Crippen molar-refractivity contribution in [1.82, 2.24) is 9.80 Å². The molecule has 6 nitrogen and oxygen atoms in total. The minimum atomic E-state index is -0.342. The van der Waals surface area contributed by atoms with Gasteiger partial charge in [-0.2, -0.15) is 0 Å². The van der Waals surface area contributed by atoms with E-state index in [2.05, 4.69) is 0 Å². The average molecular weight is 425 g/mol. The maximum Gasteiger partial charge on any atom is 0.254 e. The largest absolute Gasteiger partial charge is 0.394 e. The number of ether oxygens (including phenoxy) is 1. The number of aliphatic hydroxyl groups excluding tert-OH is 1. The van der Waals surface area contributed by atoms with E-state index in [-0.39, 0.29) is 36.5 Å². The highest BCUT2D eigenvalue weighted by Crippen LogP contribution is 2.31. The number of aliphatic hydroxyl groups is 1. The minimum absolute atomic E-state index is 0.0328. The van der Waals surface area contributed by atoms with Gasteiger partial charge in [-0.3, -0.25) is 9.59 Å². The molecule has 0 aromatic heterocycles. The Bertz CT molecular complexity index is 929. The lowest BCUT2D eigenvalue weighted by Gasteiger charge is -2.35. The summed E-state index contributed by atoms with van der Waals surface area (Å²) in [7, 11) is 1.76. The molecule has 0 spiro atoms. The van der Waals surface area contributed by atoms with Crippen LogP contribution < -0.4 is 0 Å². The van der Waals surface area contributed by atoms with Gasteiger partial charge in [0.15, 0.2) is 0 Å². The molecule has 1 aliphatic heterocycles. The topological polar surface area (TPSA) is 70.1 Å². The zero-order valence-electron chi connectivity index (χ0n) is 18.7. The molecule has 2 amide bonds. The van der Waals surface area contributed by atoms with Crippen molar-refractivity contribution in [2.24, 2.45) is 5.92 Å². The molecule has 6 heteroatoms. The highest BCUT2D eigenvalue weighted by Gasteiger charge is 2.30. The van der Waals surface area contributed by atoms with Crippen LogP contribution >= 0.6 is 0 Å². The van der Waals surface area contributed by atoms with Crippen molar-refractivity contribution in [2.75, 3.05) is 26.7 Å². The smallest absolute Gasteiger partial charge is 0.254 e. The Labute approximate surface area is 184 Å². The van der Waals surface area contributed by atoms with E-state index in [4.69, 9.17) is 4.74 Å². The summed E-state index contributed by atoms with van der Waals surface area (Å²) in [5.41, 5.74) is 3.42. The summed E-state index contributed by atoms with van der Waals surface area (Å²) in [6.45, 7) is 6.51. The maximum atomic E-state index is 13.7. The Morgan fingerprint density at radius 1 is 1.16 bits per heavy atom. The lowest BCUT2D eigenvalue weighted by molar-refractivity contribution is -0.130. The van der Waals surface area contributed by atoms with Crippen LogP contribution in [0, 0.1) is 5.92 Å². The molecule has 0 fully saturated rings. The predicted molar refractivity (Wildman–Crippen MR) is 121 cm³/mol. The van der Waals surface area contributed by atoms with E-state index >= 15 is 0 Å². The quantitative estimate of drug-likeness (QED) is 0.818. The first-order valence-electron chi connectivity index (χ1n) is 10.8. The number of carbonyl (C=O) groups is 2. The van der Waals surface area contributed by atoms with Crippen LogP contribution in [0.4, 0.5) is 0 Å². The van der Waals surface area contributed by atoms with Crippen molar-refractivity contribution in [3.8, 4) is 11.1 Å². The average Bonchev–Trinajstić information content (AvgIpc) is 2.79. The van der Waals surface area contributed by atoms with E-state index in [1.165, 1.54) is 6.92 Å². The first kappa shape index (κ1) is 23.0. The molecule has 0 saturated carbocycles. The predicted octanol–water partition coefficient (Wildman–Crippen LogP) is 3.19. The van der Waals surface area contributed by atoms with Crippen molar-refractivity contribution in [3.05, 3.63) is 59.7 Å². The second kappa shape index (κ2) is 10.1. The Morgan fingerprint density at radius 2 is 1.77 bits per heavy atom. The van der Waals surface area contributed by atoms with Crippen molar-refractivity contribution in [3.63, 3.8) is 0 Å². The molecule has 0 aliphatic carbocycles. The summed E-state index contributed by atoms with van der Waals surface area (Å²) < 4.78 is 6.35. The molecular weight excluding hydrogens is 392 g/mol. The van der Waals surface area contributed by atoms with Crippen molar-refractivity contribution in [1.29, 1.82) is 0 Å². The fourth-order valence-electron chi connectivity index (χ4n) is 3.95.